The van der Waals surface area contributed by atoms with Crippen LogP contribution in [0.4, 0.5) is 17.6 Å². The predicted molar refractivity (Wildman–Crippen MR) is 63.1 cm³/mol. The molecule has 4 nitrogen and oxygen atoms in total. The first-order valence-electron chi connectivity index (χ1n) is 4.53. The summed E-state index contributed by atoms with van der Waals surface area (Å²) >= 11 is 8.43. The number of nitrogens with zero attached hydrogens (tertiary/aromatic N) is 1. The Labute approximate surface area is 119 Å². The van der Waals surface area contributed by atoms with Gasteiger partial charge in [0.15, 0.2) is 0 Å². The van der Waals surface area contributed by atoms with Crippen LogP contribution in [-0.4, -0.2) is 32.3 Å². The Hall–Kier alpha value is -0.450. The standard InChI is InChI=1S/C8H6BrClF4N2O2S/c9-4-1-5(6(10)15-2-4)19(17,18)16-3-8(13,14)7(11)12/h1-2,7,16H,3H2. The van der Waals surface area contributed by atoms with E-state index < -0.39 is 39.0 Å². The summed E-state index contributed by atoms with van der Waals surface area (Å²) in [6, 6.07) is 1.01. The van der Waals surface area contributed by atoms with E-state index in [0.717, 1.165) is 6.07 Å². The van der Waals surface area contributed by atoms with Crippen LogP contribution in [0.3, 0.4) is 0 Å². The van der Waals surface area contributed by atoms with Crippen LogP contribution in [0.25, 0.3) is 0 Å². The summed E-state index contributed by atoms with van der Waals surface area (Å²) in [4.78, 5) is 2.90. The van der Waals surface area contributed by atoms with E-state index in [0.29, 0.717) is 0 Å². The van der Waals surface area contributed by atoms with Crippen molar-refractivity contribution in [3.63, 3.8) is 0 Å². The minimum atomic E-state index is -4.47. The maximum Gasteiger partial charge on any atom is 0.320 e. The molecule has 0 aliphatic rings. The predicted octanol–water partition coefficient (Wildman–Crippen LogP) is 2.68. The van der Waals surface area contributed by atoms with E-state index in [-0.39, 0.29) is 4.47 Å². The molecule has 0 saturated heterocycles. The lowest BCUT2D eigenvalue weighted by Gasteiger charge is -2.16. The molecular formula is C8H6BrClF4N2O2S. The van der Waals surface area contributed by atoms with Crippen molar-refractivity contribution in [1.29, 1.82) is 0 Å². The molecule has 0 bridgehead atoms. The van der Waals surface area contributed by atoms with E-state index in [9.17, 15) is 26.0 Å². The molecule has 0 spiro atoms. The van der Waals surface area contributed by atoms with Gasteiger partial charge in [-0.2, -0.15) is 8.78 Å². The van der Waals surface area contributed by atoms with Crippen molar-refractivity contribution in [2.45, 2.75) is 17.2 Å². The van der Waals surface area contributed by atoms with Crippen molar-refractivity contribution in [2.75, 3.05) is 6.54 Å². The molecule has 0 aromatic carbocycles. The summed E-state index contributed by atoms with van der Waals surface area (Å²) in [6.45, 7) is -1.74. The van der Waals surface area contributed by atoms with Crippen molar-refractivity contribution in [1.82, 2.24) is 9.71 Å². The summed E-state index contributed by atoms with van der Waals surface area (Å²) < 4.78 is 74.0. The monoisotopic (exact) mass is 384 g/mol. The van der Waals surface area contributed by atoms with E-state index in [2.05, 4.69) is 20.9 Å². The number of hydrogen-bond donors (Lipinski definition) is 1. The Morgan fingerprint density at radius 2 is 2.05 bits per heavy atom. The highest BCUT2D eigenvalue weighted by molar-refractivity contribution is 9.10. The molecule has 11 heteroatoms. The van der Waals surface area contributed by atoms with Crippen molar-refractivity contribution < 1.29 is 26.0 Å². The van der Waals surface area contributed by atoms with Crippen molar-refractivity contribution in [3.8, 4) is 0 Å². The first-order chi connectivity index (χ1) is 8.56. The van der Waals surface area contributed by atoms with Gasteiger partial charge in [0.25, 0.3) is 0 Å². The third kappa shape index (κ3) is 4.26. The maximum atomic E-state index is 12.6. The molecule has 1 N–H and O–H groups in total. The minimum absolute atomic E-state index is 0.234. The van der Waals surface area contributed by atoms with E-state index in [4.69, 9.17) is 11.6 Å². The highest BCUT2D eigenvalue weighted by Gasteiger charge is 2.41. The zero-order valence-electron chi connectivity index (χ0n) is 8.88. The number of sulfonamides is 1. The van der Waals surface area contributed by atoms with Crippen LogP contribution >= 0.6 is 27.5 Å². The lowest BCUT2D eigenvalue weighted by atomic mass is 10.4. The first kappa shape index (κ1) is 16.6. The smallest absolute Gasteiger partial charge is 0.242 e. The molecule has 1 heterocycles. The molecule has 0 fully saturated rings. The summed E-state index contributed by atoms with van der Waals surface area (Å²) in [5.41, 5.74) is 0. The molecule has 108 valence electrons. The Kier molecular flexibility index (Phi) is 5.15. The third-order valence-electron chi connectivity index (χ3n) is 1.88. The van der Waals surface area contributed by atoms with Gasteiger partial charge >= 0.3 is 12.3 Å². The Morgan fingerprint density at radius 3 is 2.58 bits per heavy atom. The number of aromatic nitrogens is 1. The molecule has 0 saturated carbocycles. The van der Waals surface area contributed by atoms with Gasteiger partial charge < -0.3 is 0 Å². The average molecular weight is 386 g/mol. The number of pyridine rings is 1. The molecule has 0 unspecified atom stereocenters. The SMILES string of the molecule is O=S(=O)(NCC(F)(F)C(F)F)c1cc(Br)cnc1Cl. The van der Waals surface area contributed by atoms with Gasteiger partial charge in [0, 0.05) is 10.7 Å². The Balaban J connectivity index is 2.97. The molecule has 0 amide bonds. The quantitative estimate of drug-likeness (QED) is 0.626. The highest BCUT2D eigenvalue weighted by Crippen LogP contribution is 2.25. The van der Waals surface area contributed by atoms with Gasteiger partial charge in [0.05, 0.1) is 6.54 Å². The first-order valence-corrected chi connectivity index (χ1v) is 7.18. The van der Waals surface area contributed by atoms with Gasteiger partial charge in [-0.1, -0.05) is 11.6 Å². The molecule has 0 aliphatic heterocycles. The maximum absolute atomic E-state index is 12.6. The molecule has 1 rings (SSSR count). The van der Waals surface area contributed by atoms with Crippen molar-refractivity contribution >= 4 is 37.6 Å². The van der Waals surface area contributed by atoms with E-state index >= 15 is 0 Å². The normalized spacial score (nSPS) is 13.0. The van der Waals surface area contributed by atoms with Crippen LogP contribution in [0.1, 0.15) is 0 Å². The number of rotatable bonds is 5. The number of nitrogens with one attached hydrogen (secondary N) is 1. The topological polar surface area (TPSA) is 59.1 Å². The number of alkyl halides is 4. The van der Waals surface area contributed by atoms with Gasteiger partial charge in [-0.3, -0.25) is 0 Å². The molecule has 0 atom stereocenters. The van der Waals surface area contributed by atoms with Crippen LogP contribution in [0.2, 0.25) is 5.15 Å². The fraction of sp³-hybridized carbons (Fsp3) is 0.375. The molecule has 1 aromatic rings. The minimum Gasteiger partial charge on any atom is -0.242 e. The van der Waals surface area contributed by atoms with Gasteiger partial charge in [-0.25, -0.2) is 26.9 Å². The van der Waals surface area contributed by atoms with Crippen LogP contribution in [-0.2, 0) is 10.0 Å². The third-order valence-corrected chi connectivity index (χ3v) is 4.14. The largest absolute Gasteiger partial charge is 0.320 e. The Bertz CT molecular complexity index is 570. The summed E-state index contributed by atoms with van der Waals surface area (Å²) in [5, 5.41) is -0.462. The number of hydrogen-bond acceptors (Lipinski definition) is 3. The summed E-state index contributed by atoms with van der Waals surface area (Å²) in [6.07, 6.45) is -2.79. The molecule has 1 aromatic heterocycles. The van der Waals surface area contributed by atoms with E-state index in [1.165, 1.54) is 10.9 Å². The fourth-order valence-electron chi connectivity index (χ4n) is 0.939. The lowest BCUT2D eigenvalue weighted by molar-refractivity contribution is -0.122. The van der Waals surface area contributed by atoms with Gasteiger partial charge in [0.1, 0.15) is 10.0 Å². The molecule has 0 radical (unpaired) electrons. The second kappa shape index (κ2) is 5.90. The van der Waals surface area contributed by atoms with Crippen molar-refractivity contribution in [2.24, 2.45) is 0 Å². The highest BCUT2D eigenvalue weighted by atomic mass is 79.9. The van der Waals surface area contributed by atoms with Crippen LogP contribution < -0.4 is 4.72 Å². The van der Waals surface area contributed by atoms with Crippen LogP contribution in [0, 0.1) is 0 Å². The summed E-state index contributed by atoms with van der Waals surface area (Å²) in [5.74, 6) is -4.47. The van der Waals surface area contributed by atoms with E-state index in [1.807, 2.05) is 0 Å². The van der Waals surface area contributed by atoms with Crippen LogP contribution in [0.5, 0.6) is 0 Å². The van der Waals surface area contributed by atoms with E-state index in [1.54, 1.807) is 0 Å². The van der Waals surface area contributed by atoms with Gasteiger partial charge in [0.2, 0.25) is 10.0 Å². The van der Waals surface area contributed by atoms with Gasteiger partial charge in [-0.15, -0.1) is 0 Å². The molecule has 0 aliphatic carbocycles. The second-order valence-corrected chi connectivity index (χ2v) is 6.34. The summed E-state index contributed by atoms with van der Waals surface area (Å²) in [7, 11) is -4.47. The molecule has 19 heavy (non-hydrogen) atoms. The average Bonchev–Trinajstić information content (AvgIpc) is 2.30. The Morgan fingerprint density at radius 1 is 1.47 bits per heavy atom. The fourth-order valence-corrected chi connectivity index (χ4v) is 2.92. The zero-order valence-corrected chi connectivity index (χ0v) is 12.0. The lowest BCUT2D eigenvalue weighted by Crippen LogP contribution is -2.41. The van der Waals surface area contributed by atoms with Crippen molar-refractivity contribution in [3.05, 3.63) is 21.9 Å². The molecular weight excluding hydrogens is 380 g/mol. The van der Waals surface area contributed by atoms with Crippen LogP contribution in [0.15, 0.2) is 21.6 Å². The second-order valence-electron chi connectivity index (χ2n) is 3.33. The van der Waals surface area contributed by atoms with Gasteiger partial charge in [-0.05, 0) is 22.0 Å². The number of halogens is 6. The zero-order chi connectivity index (χ0) is 14.8.